The topological polar surface area (TPSA) is 88.8 Å². The molecular weight excluding hydrogens is 346 g/mol. The van der Waals surface area contributed by atoms with E-state index < -0.39 is 11.7 Å². The van der Waals surface area contributed by atoms with Gasteiger partial charge in [0.2, 0.25) is 0 Å². The zero-order valence-corrected chi connectivity index (χ0v) is 15.8. The lowest BCUT2D eigenvalue weighted by atomic mass is 10.2. The number of carbonyl (C=O) groups is 1. The molecule has 1 N–H and O–H groups in total. The van der Waals surface area contributed by atoms with Crippen LogP contribution in [0.4, 0.5) is 10.6 Å². The van der Waals surface area contributed by atoms with E-state index in [0.717, 1.165) is 36.8 Å². The summed E-state index contributed by atoms with van der Waals surface area (Å²) in [6.45, 7) is 3.92. The molecule has 1 aromatic heterocycles. The van der Waals surface area contributed by atoms with Gasteiger partial charge in [0, 0.05) is 32.1 Å². The van der Waals surface area contributed by atoms with Crippen molar-refractivity contribution in [2.45, 2.75) is 32.6 Å². The molecule has 0 unspecified atom stereocenters. The summed E-state index contributed by atoms with van der Waals surface area (Å²) >= 11 is 0. The molecule has 2 heterocycles. The lowest BCUT2D eigenvalue weighted by Crippen LogP contribution is -2.35. The van der Waals surface area contributed by atoms with E-state index in [4.69, 9.17) is 4.84 Å². The smallest absolute Gasteiger partial charge is 0.356 e. The lowest BCUT2D eigenvalue weighted by Gasteiger charge is -2.21. The van der Waals surface area contributed by atoms with Gasteiger partial charge in [-0.1, -0.05) is 25.0 Å². The van der Waals surface area contributed by atoms with Gasteiger partial charge < -0.3 is 14.8 Å². The third-order valence-corrected chi connectivity index (χ3v) is 4.66. The second kappa shape index (κ2) is 8.66. The van der Waals surface area contributed by atoms with Crippen LogP contribution >= 0.6 is 0 Å². The molecule has 0 bridgehead atoms. The molecule has 3 rings (SSSR count). The molecule has 2 aromatic rings. The zero-order chi connectivity index (χ0) is 19.2. The molecule has 1 amide bonds. The van der Waals surface area contributed by atoms with Gasteiger partial charge in [-0.2, -0.15) is 0 Å². The van der Waals surface area contributed by atoms with Crippen LogP contribution in [0, 0.1) is 0 Å². The van der Waals surface area contributed by atoms with Crippen molar-refractivity contribution in [3.8, 4) is 0 Å². The van der Waals surface area contributed by atoms with Gasteiger partial charge >= 0.3 is 6.09 Å². The Hall–Kier alpha value is -2.90. The highest BCUT2D eigenvalue weighted by molar-refractivity contribution is 5.89. The number of fused-ring (bicyclic) bond motifs is 1. The van der Waals surface area contributed by atoms with Crippen LogP contribution in [0.5, 0.6) is 0 Å². The predicted molar refractivity (Wildman–Crippen MR) is 103 cm³/mol. The largest absolute Gasteiger partial charge is 0.433 e. The predicted octanol–water partition coefficient (Wildman–Crippen LogP) is 1.88. The number of amides is 1. The number of anilines is 1. The van der Waals surface area contributed by atoms with Crippen molar-refractivity contribution in [1.82, 2.24) is 14.9 Å². The van der Waals surface area contributed by atoms with Crippen LogP contribution in [0.15, 0.2) is 34.2 Å². The summed E-state index contributed by atoms with van der Waals surface area (Å²) in [4.78, 5) is 36.0. The third kappa shape index (κ3) is 4.27. The molecular formula is C19H25N5O3. The highest BCUT2D eigenvalue weighted by Gasteiger charge is 2.16. The molecule has 8 nitrogen and oxygen atoms in total. The Kier molecular flexibility index (Phi) is 6.05. The fourth-order valence-corrected chi connectivity index (χ4v) is 3.27. The van der Waals surface area contributed by atoms with Gasteiger partial charge in [-0.05, 0) is 37.1 Å². The van der Waals surface area contributed by atoms with E-state index in [1.165, 1.54) is 17.4 Å². The van der Waals surface area contributed by atoms with Crippen LogP contribution in [0.2, 0.25) is 0 Å². The molecule has 1 aliphatic rings. The van der Waals surface area contributed by atoms with Gasteiger partial charge in [-0.15, -0.1) is 0 Å². The quantitative estimate of drug-likeness (QED) is 0.657. The Labute approximate surface area is 157 Å². The number of hydrogen-bond donors (Lipinski definition) is 1. The standard InChI is InChI=1S/C19H25N5O3/c1-3-20-19(26)27-22-16-18(25)23(2)15-11-7-6-10-14(15)17(21-16)24-12-8-4-5-9-13-24/h6-7,10-11H,3-5,8-9,12-13H2,1-2H3,(H,20,26)/b22-16+. The first-order chi connectivity index (χ1) is 13.1. The molecule has 1 aromatic carbocycles. The molecule has 1 aliphatic heterocycles. The summed E-state index contributed by atoms with van der Waals surface area (Å²) in [5.41, 5.74) is 0.199. The number of nitrogens with zero attached hydrogens (tertiary/aromatic N) is 4. The average Bonchev–Trinajstić information content (AvgIpc) is 3.01. The van der Waals surface area contributed by atoms with Crippen molar-refractivity contribution < 1.29 is 9.63 Å². The summed E-state index contributed by atoms with van der Waals surface area (Å²) < 4.78 is 1.49. The van der Waals surface area contributed by atoms with E-state index in [-0.39, 0.29) is 5.49 Å². The van der Waals surface area contributed by atoms with Crippen molar-refractivity contribution in [2.75, 3.05) is 24.5 Å². The SMILES string of the molecule is CCNC(=O)O/N=c1/nc(N2CCCCCC2)c2ccccc2n(C)c1=O. The first kappa shape index (κ1) is 18.9. The van der Waals surface area contributed by atoms with Crippen molar-refractivity contribution in [1.29, 1.82) is 0 Å². The summed E-state index contributed by atoms with van der Waals surface area (Å²) in [7, 11) is 1.67. The monoisotopic (exact) mass is 371 g/mol. The van der Waals surface area contributed by atoms with E-state index in [2.05, 4.69) is 20.4 Å². The third-order valence-electron chi connectivity index (χ3n) is 4.66. The number of para-hydroxylation sites is 1. The molecule has 8 heteroatoms. The maximum Gasteiger partial charge on any atom is 0.433 e. The molecule has 0 saturated carbocycles. The van der Waals surface area contributed by atoms with E-state index in [1.807, 2.05) is 24.3 Å². The summed E-state index contributed by atoms with van der Waals surface area (Å²) in [5.74, 6) is 0.698. The number of aryl methyl sites for hydroxylation is 1. The summed E-state index contributed by atoms with van der Waals surface area (Å²) in [6.07, 6.45) is 3.81. The molecule has 144 valence electrons. The van der Waals surface area contributed by atoms with Crippen LogP contribution in [-0.4, -0.2) is 35.3 Å². The molecule has 27 heavy (non-hydrogen) atoms. The van der Waals surface area contributed by atoms with Gasteiger partial charge in [0.05, 0.1) is 5.52 Å². The van der Waals surface area contributed by atoms with E-state index in [1.54, 1.807) is 14.0 Å². The van der Waals surface area contributed by atoms with Gasteiger partial charge in [0.25, 0.3) is 11.0 Å². The zero-order valence-electron chi connectivity index (χ0n) is 15.8. The first-order valence-corrected chi connectivity index (χ1v) is 9.35. The number of carbonyl (C=O) groups excluding carboxylic acids is 1. The highest BCUT2D eigenvalue weighted by atomic mass is 16.7. The fraction of sp³-hybridized carbons (Fsp3) is 0.474. The minimum Gasteiger partial charge on any atom is -0.356 e. The molecule has 0 aliphatic carbocycles. The number of benzene rings is 1. The van der Waals surface area contributed by atoms with Crippen molar-refractivity contribution in [3.05, 3.63) is 40.1 Å². The summed E-state index contributed by atoms with van der Waals surface area (Å²) in [6, 6.07) is 7.65. The normalized spacial score (nSPS) is 15.5. The van der Waals surface area contributed by atoms with Crippen LogP contribution in [0.3, 0.4) is 0 Å². The van der Waals surface area contributed by atoms with Crippen molar-refractivity contribution in [2.24, 2.45) is 12.2 Å². The van der Waals surface area contributed by atoms with Crippen LogP contribution in [0.1, 0.15) is 32.6 Å². The Morgan fingerprint density at radius 2 is 1.93 bits per heavy atom. The minimum absolute atomic E-state index is 0.140. The minimum atomic E-state index is -0.714. The second-order valence-corrected chi connectivity index (χ2v) is 6.54. The van der Waals surface area contributed by atoms with E-state index in [0.29, 0.717) is 12.4 Å². The maximum atomic E-state index is 12.8. The van der Waals surface area contributed by atoms with Crippen molar-refractivity contribution in [3.63, 3.8) is 0 Å². The average molecular weight is 371 g/mol. The van der Waals surface area contributed by atoms with E-state index in [9.17, 15) is 9.59 Å². The fourth-order valence-electron chi connectivity index (χ4n) is 3.27. The maximum absolute atomic E-state index is 12.8. The van der Waals surface area contributed by atoms with Crippen molar-refractivity contribution >= 4 is 22.8 Å². The second-order valence-electron chi connectivity index (χ2n) is 6.54. The Morgan fingerprint density at radius 1 is 1.22 bits per heavy atom. The lowest BCUT2D eigenvalue weighted by molar-refractivity contribution is 0.145. The number of nitrogens with one attached hydrogen (secondary N) is 1. The molecule has 0 radical (unpaired) electrons. The number of aromatic nitrogens is 2. The first-order valence-electron chi connectivity index (χ1n) is 9.35. The van der Waals surface area contributed by atoms with E-state index >= 15 is 0 Å². The molecule has 1 saturated heterocycles. The van der Waals surface area contributed by atoms with Crippen LogP contribution in [-0.2, 0) is 11.9 Å². The summed E-state index contributed by atoms with van der Waals surface area (Å²) in [5, 5.41) is 7.09. The highest BCUT2D eigenvalue weighted by Crippen LogP contribution is 2.24. The Balaban J connectivity index is 2.21. The number of hydrogen-bond acceptors (Lipinski definition) is 6. The van der Waals surface area contributed by atoms with Gasteiger partial charge in [-0.3, -0.25) is 9.63 Å². The number of rotatable bonds is 3. The van der Waals surface area contributed by atoms with Crippen LogP contribution in [0.25, 0.3) is 10.9 Å². The van der Waals surface area contributed by atoms with Gasteiger partial charge in [-0.25, -0.2) is 9.78 Å². The molecule has 0 spiro atoms. The molecule has 1 fully saturated rings. The Bertz CT molecular complexity index is 946. The van der Waals surface area contributed by atoms with Gasteiger partial charge in [0.1, 0.15) is 5.82 Å². The Morgan fingerprint density at radius 3 is 2.63 bits per heavy atom. The van der Waals surface area contributed by atoms with Crippen LogP contribution < -0.4 is 21.3 Å². The molecule has 0 atom stereocenters. The van der Waals surface area contributed by atoms with Gasteiger partial charge in [0.15, 0.2) is 0 Å².